The van der Waals surface area contributed by atoms with E-state index >= 15 is 0 Å². The summed E-state index contributed by atoms with van der Waals surface area (Å²) in [6, 6.07) is 11.7. The maximum atomic E-state index is 11.4. The van der Waals surface area contributed by atoms with Gasteiger partial charge >= 0.3 is 5.97 Å². The molecule has 1 heterocycles. The number of aliphatic carboxylic acids is 1. The highest BCUT2D eigenvalue weighted by Gasteiger charge is 2.13. The minimum atomic E-state index is -1.21. The molecule has 0 fully saturated rings. The first-order chi connectivity index (χ1) is 25.6. The Hall–Kier alpha value is -2.78. The van der Waals surface area contributed by atoms with Crippen molar-refractivity contribution in [3.8, 4) is 28.0 Å². The van der Waals surface area contributed by atoms with Crippen LogP contribution in [0.5, 0.6) is 11.5 Å². The Morgan fingerprint density at radius 2 is 1.04 bits per heavy atom. The van der Waals surface area contributed by atoms with Crippen LogP contribution in [-0.2, 0) is 4.79 Å². The Labute approximate surface area is 322 Å². The first-order valence-corrected chi connectivity index (χ1v) is 22.3. The first kappa shape index (κ1) is 45.4. The highest BCUT2D eigenvalue weighted by atomic mass is 32.1. The van der Waals surface area contributed by atoms with Gasteiger partial charge in [-0.05, 0) is 43.2 Å². The lowest BCUT2D eigenvalue weighted by Gasteiger charge is -2.14. The van der Waals surface area contributed by atoms with Crippen LogP contribution in [0, 0.1) is 11.3 Å². The van der Waals surface area contributed by atoms with Crippen LogP contribution in [0.4, 0.5) is 0 Å². The molecule has 0 atom stereocenters. The number of ether oxygens (including phenoxy) is 2. The zero-order valence-electron chi connectivity index (χ0n) is 33.2. The Morgan fingerprint density at radius 3 is 1.46 bits per heavy atom. The van der Waals surface area contributed by atoms with Crippen molar-refractivity contribution >= 4 is 23.4 Å². The summed E-state index contributed by atoms with van der Waals surface area (Å²) in [7, 11) is 0. The second-order valence-corrected chi connectivity index (χ2v) is 15.8. The summed E-state index contributed by atoms with van der Waals surface area (Å²) in [6.07, 6.45) is 38.8. The third-order valence-corrected chi connectivity index (χ3v) is 11.1. The highest BCUT2D eigenvalue weighted by Crippen LogP contribution is 2.38. The third kappa shape index (κ3) is 22.3. The molecule has 1 aromatic carbocycles. The van der Waals surface area contributed by atoms with Crippen molar-refractivity contribution in [2.45, 2.75) is 194 Å². The van der Waals surface area contributed by atoms with Crippen molar-refractivity contribution < 1.29 is 19.4 Å². The van der Waals surface area contributed by atoms with Crippen molar-refractivity contribution in [2.24, 2.45) is 0 Å². The van der Waals surface area contributed by atoms with Crippen molar-refractivity contribution in [1.82, 2.24) is 0 Å². The van der Waals surface area contributed by atoms with E-state index in [0.29, 0.717) is 13.2 Å². The summed E-state index contributed by atoms with van der Waals surface area (Å²) in [6.45, 7) is 5.92. The number of hydrogen-bond donors (Lipinski definition) is 1. The Balaban J connectivity index is 1.74. The fraction of sp³-hybridized carbons (Fsp3) is 0.696. The number of nitrogens with zero attached hydrogens (tertiary/aromatic N) is 1. The zero-order valence-corrected chi connectivity index (χ0v) is 34.0. The van der Waals surface area contributed by atoms with Crippen LogP contribution in [0.25, 0.3) is 16.5 Å². The number of benzene rings is 1. The van der Waals surface area contributed by atoms with Gasteiger partial charge in [-0.1, -0.05) is 181 Å². The number of thiophene rings is 1. The number of rotatable bonds is 35. The van der Waals surface area contributed by atoms with Gasteiger partial charge in [0, 0.05) is 21.4 Å². The van der Waals surface area contributed by atoms with Crippen molar-refractivity contribution in [3.63, 3.8) is 0 Å². The third-order valence-electron chi connectivity index (χ3n) is 10.0. The molecule has 6 heteroatoms. The lowest BCUT2D eigenvalue weighted by Crippen LogP contribution is -2.01. The van der Waals surface area contributed by atoms with Crippen molar-refractivity contribution in [1.29, 1.82) is 5.26 Å². The molecule has 0 amide bonds. The summed E-state index contributed by atoms with van der Waals surface area (Å²) < 4.78 is 12.6. The van der Waals surface area contributed by atoms with Gasteiger partial charge in [-0.25, -0.2) is 4.79 Å². The summed E-state index contributed by atoms with van der Waals surface area (Å²) >= 11 is 1.46. The smallest absolute Gasteiger partial charge is 0.346 e. The molecule has 0 spiro atoms. The highest BCUT2D eigenvalue weighted by molar-refractivity contribution is 7.16. The maximum absolute atomic E-state index is 11.4. The molecular weight excluding hydrogens is 663 g/mol. The normalized spacial score (nSPS) is 11.5. The number of carboxylic acids is 1. The fourth-order valence-corrected chi connectivity index (χ4v) is 7.72. The van der Waals surface area contributed by atoms with E-state index in [1.54, 1.807) is 6.07 Å². The molecule has 0 aliphatic heterocycles. The number of hydrogen-bond acceptors (Lipinski definition) is 5. The van der Waals surface area contributed by atoms with Gasteiger partial charge in [-0.3, -0.25) is 0 Å². The molecule has 0 aliphatic carbocycles. The van der Waals surface area contributed by atoms with Gasteiger partial charge in [0.15, 0.2) is 0 Å². The van der Waals surface area contributed by atoms with Gasteiger partial charge in [0.2, 0.25) is 0 Å². The van der Waals surface area contributed by atoms with Crippen LogP contribution in [0.1, 0.15) is 199 Å². The van der Waals surface area contributed by atoms with E-state index in [4.69, 9.17) is 9.47 Å². The second-order valence-electron chi connectivity index (χ2n) is 14.7. The van der Waals surface area contributed by atoms with Crippen LogP contribution in [-0.4, -0.2) is 24.3 Å². The number of nitriles is 1. The van der Waals surface area contributed by atoms with E-state index in [-0.39, 0.29) is 5.57 Å². The Bertz CT molecular complexity index is 1250. The largest absolute Gasteiger partial charge is 0.493 e. The molecule has 2 aromatic rings. The topological polar surface area (TPSA) is 79.5 Å². The van der Waals surface area contributed by atoms with Crippen LogP contribution >= 0.6 is 11.3 Å². The van der Waals surface area contributed by atoms with E-state index in [1.165, 1.54) is 184 Å². The predicted octanol–water partition coefficient (Wildman–Crippen LogP) is 15.1. The van der Waals surface area contributed by atoms with Gasteiger partial charge in [0.05, 0.1) is 13.2 Å². The lowest BCUT2D eigenvalue weighted by molar-refractivity contribution is -0.132. The minimum Gasteiger partial charge on any atom is -0.493 e. The van der Waals surface area contributed by atoms with Crippen molar-refractivity contribution in [2.75, 3.05) is 13.2 Å². The zero-order chi connectivity index (χ0) is 37.3. The van der Waals surface area contributed by atoms with E-state index in [2.05, 4.69) is 13.8 Å². The molecular formula is C46H73NO4S. The van der Waals surface area contributed by atoms with Gasteiger partial charge in [0.1, 0.15) is 23.1 Å². The molecule has 292 valence electrons. The SMILES string of the molecule is CCCCCCCCCCCCCCCCOc1ccc(-c2ccc(/C=C(\C#N)C(=O)O)s2)c(OCCCCCCCCCCCCCCCC)c1. The molecule has 5 nitrogen and oxygen atoms in total. The summed E-state index contributed by atoms with van der Waals surface area (Å²) in [4.78, 5) is 13.1. The molecule has 2 rings (SSSR count). The molecule has 0 unspecified atom stereocenters. The van der Waals surface area contributed by atoms with Crippen LogP contribution in [0.2, 0.25) is 0 Å². The standard InChI is InChI=1S/C46H73NO4S/c1-3-5-7-9-11-13-15-17-19-21-23-25-27-29-35-50-41-31-33-43(45-34-32-42(52-45)37-40(39-47)46(48)49)44(38-41)51-36-30-28-26-24-22-20-18-16-14-12-10-8-6-4-2/h31-34,37-38H,3-30,35-36H2,1-2H3,(H,48,49)/b40-37+. The average molecular weight is 736 g/mol. The molecule has 52 heavy (non-hydrogen) atoms. The molecule has 0 saturated heterocycles. The molecule has 0 aliphatic rings. The lowest BCUT2D eigenvalue weighted by atomic mass is 10.0. The molecule has 1 aromatic heterocycles. The monoisotopic (exact) mass is 736 g/mol. The van der Waals surface area contributed by atoms with E-state index in [0.717, 1.165) is 39.7 Å². The number of carbonyl (C=O) groups is 1. The summed E-state index contributed by atoms with van der Waals surface area (Å²) in [5.41, 5.74) is 0.697. The van der Waals surface area contributed by atoms with Crippen LogP contribution < -0.4 is 9.47 Å². The molecule has 0 bridgehead atoms. The van der Waals surface area contributed by atoms with Gasteiger partial charge in [-0.2, -0.15) is 5.26 Å². The van der Waals surface area contributed by atoms with Gasteiger partial charge in [-0.15, -0.1) is 11.3 Å². The average Bonchev–Trinajstić information content (AvgIpc) is 3.62. The summed E-state index contributed by atoms with van der Waals surface area (Å²) in [5, 5.41) is 18.5. The Morgan fingerprint density at radius 1 is 0.615 bits per heavy atom. The minimum absolute atomic E-state index is 0.269. The molecule has 0 saturated carbocycles. The van der Waals surface area contributed by atoms with E-state index < -0.39 is 5.97 Å². The van der Waals surface area contributed by atoms with Gasteiger partial charge < -0.3 is 14.6 Å². The quantitative estimate of drug-likeness (QED) is 0.0433. The maximum Gasteiger partial charge on any atom is 0.346 e. The van der Waals surface area contributed by atoms with E-state index in [9.17, 15) is 15.2 Å². The second kappa shape index (κ2) is 31.7. The Kier molecular flexibility index (Phi) is 27.7. The van der Waals surface area contributed by atoms with Gasteiger partial charge in [0.25, 0.3) is 0 Å². The first-order valence-electron chi connectivity index (χ1n) is 21.4. The fourth-order valence-electron chi connectivity index (χ4n) is 6.74. The van der Waals surface area contributed by atoms with Crippen LogP contribution in [0.3, 0.4) is 0 Å². The molecule has 1 N–H and O–H groups in total. The number of unbranched alkanes of at least 4 members (excludes halogenated alkanes) is 26. The van der Waals surface area contributed by atoms with Crippen molar-refractivity contribution in [3.05, 3.63) is 40.8 Å². The summed E-state index contributed by atoms with van der Waals surface area (Å²) in [5.74, 6) is 0.406. The predicted molar refractivity (Wildman–Crippen MR) is 223 cm³/mol. The van der Waals surface area contributed by atoms with Crippen LogP contribution in [0.15, 0.2) is 35.9 Å². The van der Waals surface area contributed by atoms with E-state index in [1.807, 2.05) is 30.3 Å². The molecule has 0 radical (unpaired) electrons. The number of carboxylic acid groups (broad SMARTS) is 1.